The second kappa shape index (κ2) is 5.56. The van der Waals surface area contributed by atoms with Gasteiger partial charge in [-0.05, 0) is 19.1 Å². The Morgan fingerprint density at radius 2 is 2.10 bits per heavy atom. The number of nitrogens with zero attached hydrogens (tertiary/aromatic N) is 1. The number of benzene rings is 1. The van der Waals surface area contributed by atoms with E-state index in [2.05, 4.69) is 11.9 Å². The summed E-state index contributed by atoms with van der Waals surface area (Å²) in [7, 11) is 0. The van der Waals surface area contributed by atoms with Gasteiger partial charge in [-0.15, -0.1) is 0 Å². The molecule has 5 heteroatoms. The van der Waals surface area contributed by atoms with Gasteiger partial charge in [0.2, 0.25) is 5.43 Å². The molecule has 1 N–H and O–H groups in total. The van der Waals surface area contributed by atoms with Gasteiger partial charge in [0.15, 0.2) is 0 Å². The van der Waals surface area contributed by atoms with Crippen LogP contribution in [0.5, 0.6) is 0 Å². The third-order valence-electron chi connectivity index (χ3n) is 4.16. The van der Waals surface area contributed by atoms with Crippen LogP contribution in [0.2, 0.25) is 0 Å². The number of para-hydroxylation sites is 1. The maximum Gasteiger partial charge on any atom is 0.259 e. The number of fused-ring (bicyclic) bond motifs is 1. The molecule has 3 rings (SSSR count). The van der Waals surface area contributed by atoms with E-state index in [0.717, 1.165) is 11.3 Å². The molecule has 1 amide bonds. The number of aromatic nitrogens is 1. The number of amides is 1. The van der Waals surface area contributed by atoms with Crippen LogP contribution in [0.1, 0.15) is 24.2 Å². The van der Waals surface area contributed by atoms with Gasteiger partial charge in [0.1, 0.15) is 5.56 Å². The molecule has 0 bridgehead atoms. The first kappa shape index (κ1) is 14.2. The number of rotatable bonds is 1. The summed E-state index contributed by atoms with van der Waals surface area (Å²) < 4.78 is 0. The molecule has 2 heterocycles. The minimum Gasteiger partial charge on any atom is -0.360 e. The second-order valence-corrected chi connectivity index (χ2v) is 6.88. The van der Waals surface area contributed by atoms with E-state index in [-0.39, 0.29) is 22.9 Å². The van der Waals surface area contributed by atoms with Gasteiger partial charge in [-0.2, -0.15) is 11.8 Å². The fourth-order valence-electron chi connectivity index (χ4n) is 2.70. The molecule has 0 aliphatic carbocycles. The van der Waals surface area contributed by atoms with E-state index >= 15 is 0 Å². The van der Waals surface area contributed by atoms with Crippen molar-refractivity contribution in [1.29, 1.82) is 0 Å². The van der Waals surface area contributed by atoms with Crippen molar-refractivity contribution in [2.75, 3.05) is 12.3 Å². The predicted octanol–water partition coefficient (Wildman–Crippen LogP) is 2.49. The quantitative estimate of drug-likeness (QED) is 0.880. The maximum absolute atomic E-state index is 12.7. The molecular weight excluding hydrogens is 284 g/mol. The Labute approximate surface area is 127 Å². The highest BCUT2D eigenvalue weighted by Crippen LogP contribution is 2.25. The molecule has 1 saturated heterocycles. The minimum atomic E-state index is -0.188. The van der Waals surface area contributed by atoms with Crippen LogP contribution in [0.25, 0.3) is 10.9 Å². The Morgan fingerprint density at radius 1 is 1.33 bits per heavy atom. The lowest BCUT2D eigenvalue weighted by atomic mass is 10.1. The number of H-pyrrole nitrogens is 1. The Balaban J connectivity index is 2.02. The highest BCUT2D eigenvalue weighted by molar-refractivity contribution is 8.00. The number of carbonyl (C=O) groups excluding carboxylic acids is 1. The lowest BCUT2D eigenvalue weighted by molar-refractivity contribution is 0.0696. The number of nitrogens with one attached hydrogen (secondary N) is 1. The van der Waals surface area contributed by atoms with Crippen molar-refractivity contribution in [3.63, 3.8) is 0 Å². The lowest BCUT2D eigenvalue weighted by Crippen LogP contribution is -2.49. The average molecular weight is 302 g/mol. The number of carbonyl (C=O) groups is 1. The summed E-state index contributed by atoms with van der Waals surface area (Å²) in [6.07, 6.45) is 1.55. The van der Waals surface area contributed by atoms with E-state index in [9.17, 15) is 9.59 Å². The van der Waals surface area contributed by atoms with Crippen LogP contribution in [0.15, 0.2) is 35.3 Å². The Morgan fingerprint density at radius 3 is 2.90 bits per heavy atom. The topological polar surface area (TPSA) is 53.2 Å². The summed E-state index contributed by atoms with van der Waals surface area (Å²) in [5.74, 6) is 0.754. The molecule has 110 valence electrons. The monoisotopic (exact) mass is 302 g/mol. The number of pyridine rings is 1. The van der Waals surface area contributed by atoms with Crippen molar-refractivity contribution < 1.29 is 4.79 Å². The van der Waals surface area contributed by atoms with Crippen molar-refractivity contribution >= 4 is 28.6 Å². The first-order chi connectivity index (χ1) is 10.1. The number of hydrogen-bond acceptors (Lipinski definition) is 3. The summed E-state index contributed by atoms with van der Waals surface area (Å²) in [6.45, 7) is 4.87. The molecule has 2 atom stereocenters. The van der Waals surface area contributed by atoms with Crippen LogP contribution in [0.4, 0.5) is 0 Å². The molecule has 1 aliphatic heterocycles. The van der Waals surface area contributed by atoms with Crippen LogP contribution in [0, 0.1) is 0 Å². The van der Waals surface area contributed by atoms with Crippen molar-refractivity contribution in [3.05, 3.63) is 46.2 Å². The largest absolute Gasteiger partial charge is 0.360 e. The van der Waals surface area contributed by atoms with Crippen molar-refractivity contribution in [1.82, 2.24) is 9.88 Å². The molecule has 1 aromatic heterocycles. The van der Waals surface area contributed by atoms with Crippen molar-refractivity contribution in [2.24, 2.45) is 0 Å². The van der Waals surface area contributed by atoms with Gasteiger partial charge in [-0.25, -0.2) is 0 Å². The normalized spacial score (nSPS) is 22.5. The zero-order valence-electron chi connectivity index (χ0n) is 12.1. The SMILES string of the molecule is C[C@@H]1SCCN(C(=O)c2c[nH]c3ccccc3c2=O)[C@H]1C. The van der Waals surface area contributed by atoms with E-state index in [1.807, 2.05) is 41.8 Å². The highest BCUT2D eigenvalue weighted by Gasteiger charge is 2.30. The Hall–Kier alpha value is -1.75. The van der Waals surface area contributed by atoms with Crippen LogP contribution < -0.4 is 5.43 Å². The third-order valence-corrected chi connectivity index (χ3v) is 5.50. The van der Waals surface area contributed by atoms with Gasteiger partial charge in [-0.1, -0.05) is 19.1 Å². The first-order valence-electron chi connectivity index (χ1n) is 7.12. The minimum absolute atomic E-state index is 0.141. The van der Waals surface area contributed by atoms with Gasteiger partial charge in [0.05, 0.1) is 0 Å². The van der Waals surface area contributed by atoms with E-state index in [1.165, 1.54) is 0 Å². The van der Waals surface area contributed by atoms with Crippen LogP contribution in [0.3, 0.4) is 0 Å². The van der Waals surface area contributed by atoms with Crippen LogP contribution in [-0.2, 0) is 0 Å². The zero-order chi connectivity index (χ0) is 15.0. The van der Waals surface area contributed by atoms with E-state index in [1.54, 1.807) is 12.3 Å². The molecule has 0 radical (unpaired) electrons. The highest BCUT2D eigenvalue weighted by atomic mass is 32.2. The smallest absolute Gasteiger partial charge is 0.259 e. The summed E-state index contributed by atoms with van der Waals surface area (Å²) in [5, 5.41) is 0.956. The van der Waals surface area contributed by atoms with E-state index in [0.29, 0.717) is 17.2 Å². The molecule has 1 aliphatic rings. The molecule has 2 aromatic rings. The van der Waals surface area contributed by atoms with Crippen LogP contribution >= 0.6 is 11.8 Å². The maximum atomic E-state index is 12.7. The molecule has 0 saturated carbocycles. The van der Waals surface area contributed by atoms with E-state index in [4.69, 9.17) is 0 Å². The number of thioether (sulfide) groups is 1. The fraction of sp³-hybridized carbons (Fsp3) is 0.375. The average Bonchev–Trinajstić information content (AvgIpc) is 2.50. The van der Waals surface area contributed by atoms with Gasteiger partial charge >= 0.3 is 0 Å². The number of hydrogen-bond donors (Lipinski definition) is 1. The molecule has 4 nitrogen and oxygen atoms in total. The lowest BCUT2D eigenvalue weighted by Gasteiger charge is -2.37. The van der Waals surface area contributed by atoms with Crippen molar-refractivity contribution in [2.45, 2.75) is 25.1 Å². The Kier molecular flexibility index (Phi) is 3.76. The number of aromatic amines is 1. The zero-order valence-corrected chi connectivity index (χ0v) is 12.9. The molecule has 0 unspecified atom stereocenters. The first-order valence-corrected chi connectivity index (χ1v) is 8.17. The van der Waals surface area contributed by atoms with Gasteiger partial charge in [0, 0.05) is 40.7 Å². The Bertz CT molecular complexity index is 740. The molecule has 0 spiro atoms. The fourth-order valence-corrected chi connectivity index (χ4v) is 3.80. The van der Waals surface area contributed by atoms with Gasteiger partial charge in [-0.3, -0.25) is 9.59 Å². The summed E-state index contributed by atoms with van der Waals surface area (Å²) in [4.78, 5) is 30.1. The van der Waals surface area contributed by atoms with Crippen molar-refractivity contribution in [3.8, 4) is 0 Å². The predicted molar refractivity (Wildman–Crippen MR) is 87.0 cm³/mol. The summed E-state index contributed by atoms with van der Waals surface area (Å²) in [5.41, 5.74) is 0.807. The molecule has 1 aromatic carbocycles. The standard InChI is InChI=1S/C16H18N2O2S/c1-10-11(2)21-8-7-18(10)16(20)13-9-17-14-6-4-3-5-12(14)15(13)19/h3-6,9-11H,7-8H2,1-2H3,(H,17,19)/t10-,11-/m0/s1. The van der Waals surface area contributed by atoms with Gasteiger partial charge < -0.3 is 9.88 Å². The van der Waals surface area contributed by atoms with Gasteiger partial charge in [0.25, 0.3) is 5.91 Å². The third kappa shape index (κ3) is 2.46. The molecule has 1 fully saturated rings. The second-order valence-electron chi connectivity index (χ2n) is 5.39. The van der Waals surface area contributed by atoms with E-state index < -0.39 is 0 Å². The summed E-state index contributed by atoms with van der Waals surface area (Å²) in [6, 6.07) is 7.41. The van der Waals surface area contributed by atoms with Crippen LogP contribution in [-0.4, -0.2) is 39.4 Å². The summed E-state index contributed by atoms with van der Waals surface area (Å²) >= 11 is 1.87. The molecule has 21 heavy (non-hydrogen) atoms. The molecular formula is C16H18N2O2S.